The van der Waals surface area contributed by atoms with Crippen LogP contribution in [0.2, 0.25) is 0 Å². The van der Waals surface area contributed by atoms with Gasteiger partial charge in [0, 0.05) is 12.7 Å². The molecule has 0 radical (unpaired) electrons. The summed E-state index contributed by atoms with van der Waals surface area (Å²) in [5.41, 5.74) is 1.05. The minimum atomic E-state index is 0.339. The summed E-state index contributed by atoms with van der Waals surface area (Å²) in [6, 6.07) is 7.65. The number of aromatic nitrogens is 4. The van der Waals surface area contributed by atoms with Crippen LogP contribution >= 0.6 is 0 Å². The number of hydrogen-bond donors (Lipinski definition) is 2. The minimum absolute atomic E-state index is 0.339. The Hall–Kier alpha value is -2.11. The maximum atomic E-state index is 5.45. The van der Waals surface area contributed by atoms with Crippen LogP contribution in [0, 0.1) is 0 Å². The van der Waals surface area contributed by atoms with E-state index in [1.165, 1.54) is 0 Å². The first kappa shape index (κ1) is 9.45. The molecule has 15 heavy (non-hydrogen) atoms. The molecule has 0 spiro atoms. The van der Waals surface area contributed by atoms with Crippen molar-refractivity contribution in [1.82, 2.24) is 20.6 Å². The molecule has 0 aliphatic heterocycles. The third-order valence-corrected chi connectivity index (χ3v) is 1.91. The molecule has 0 fully saturated rings. The highest BCUT2D eigenvalue weighted by Crippen LogP contribution is 2.15. The summed E-state index contributed by atoms with van der Waals surface area (Å²) in [5, 5.41) is 16.3. The lowest BCUT2D eigenvalue weighted by molar-refractivity contribution is 0.296. The third-order valence-electron chi connectivity index (χ3n) is 1.91. The second-order valence-electron chi connectivity index (χ2n) is 2.91. The number of rotatable bonds is 4. The highest BCUT2D eigenvalue weighted by molar-refractivity contribution is 5.45. The molecule has 0 aliphatic rings. The lowest BCUT2D eigenvalue weighted by atomic mass is 10.3. The van der Waals surface area contributed by atoms with E-state index in [1.54, 1.807) is 0 Å². The lowest BCUT2D eigenvalue weighted by Crippen LogP contribution is -1.97. The van der Waals surface area contributed by atoms with E-state index in [0.29, 0.717) is 12.4 Å². The number of nitrogens with one attached hydrogen (secondary N) is 2. The average molecular weight is 205 g/mol. The second-order valence-corrected chi connectivity index (χ2v) is 2.91. The summed E-state index contributed by atoms with van der Waals surface area (Å²) in [6.07, 6.45) is 0. The van der Waals surface area contributed by atoms with Crippen LogP contribution in [0.25, 0.3) is 0 Å². The summed E-state index contributed by atoms with van der Waals surface area (Å²) in [6.45, 7) is 0.339. The lowest BCUT2D eigenvalue weighted by Gasteiger charge is -2.04. The molecule has 78 valence electrons. The third kappa shape index (κ3) is 2.43. The van der Waals surface area contributed by atoms with Gasteiger partial charge in [-0.1, -0.05) is 0 Å². The number of nitrogens with zero attached hydrogens (tertiary/aromatic N) is 3. The molecular weight excluding hydrogens is 194 g/mol. The van der Waals surface area contributed by atoms with E-state index in [9.17, 15) is 0 Å². The number of H-pyrrole nitrogens is 1. The van der Waals surface area contributed by atoms with E-state index in [0.717, 1.165) is 11.4 Å². The molecule has 2 N–H and O–H groups in total. The zero-order valence-electron chi connectivity index (χ0n) is 8.27. The Kier molecular flexibility index (Phi) is 2.77. The van der Waals surface area contributed by atoms with Crippen molar-refractivity contribution in [2.45, 2.75) is 6.61 Å². The number of aromatic amines is 1. The van der Waals surface area contributed by atoms with Crippen LogP contribution in [0.4, 0.5) is 5.69 Å². The van der Waals surface area contributed by atoms with E-state index < -0.39 is 0 Å². The Balaban J connectivity index is 1.93. The highest BCUT2D eigenvalue weighted by Gasteiger charge is 1.98. The van der Waals surface area contributed by atoms with Crippen LogP contribution in [0.3, 0.4) is 0 Å². The van der Waals surface area contributed by atoms with Gasteiger partial charge in [0.15, 0.2) is 5.82 Å². The molecule has 1 aromatic carbocycles. The monoisotopic (exact) mass is 205 g/mol. The normalized spacial score (nSPS) is 9.93. The van der Waals surface area contributed by atoms with Crippen molar-refractivity contribution in [3.63, 3.8) is 0 Å². The summed E-state index contributed by atoms with van der Waals surface area (Å²) in [5.74, 6) is 1.39. The van der Waals surface area contributed by atoms with Crippen molar-refractivity contribution in [2.75, 3.05) is 12.4 Å². The maximum absolute atomic E-state index is 5.45. The molecule has 0 saturated carbocycles. The standard InChI is InChI=1S/C9H11N5O/c1-10-7-2-4-8(5-3-7)15-6-9-11-13-14-12-9/h2-5,10H,6H2,1H3,(H,11,12,13,14). The Morgan fingerprint density at radius 3 is 2.73 bits per heavy atom. The molecule has 6 nitrogen and oxygen atoms in total. The van der Waals surface area contributed by atoms with Crippen LogP contribution < -0.4 is 10.1 Å². The zero-order valence-corrected chi connectivity index (χ0v) is 8.27. The number of hydrogen-bond acceptors (Lipinski definition) is 5. The molecule has 0 aliphatic carbocycles. The fourth-order valence-electron chi connectivity index (χ4n) is 1.11. The molecule has 0 saturated heterocycles. The van der Waals surface area contributed by atoms with Gasteiger partial charge >= 0.3 is 0 Å². The van der Waals surface area contributed by atoms with Crippen LogP contribution in [-0.2, 0) is 6.61 Å². The maximum Gasteiger partial charge on any atom is 0.186 e. The van der Waals surface area contributed by atoms with Gasteiger partial charge in [0.2, 0.25) is 0 Å². The first-order valence-corrected chi connectivity index (χ1v) is 4.51. The fraction of sp³-hybridized carbons (Fsp3) is 0.222. The molecule has 0 atom stereocenters. The molecule has 0 unspecified atom stereocenters. The van der Waals surface area contributed by atoms with Crippen LogP contribution in [-0.4, -0.2) is 27.7 Å². The SMILES string of the molecule is CNc1ccc(OCc2nnn[nH]2)cc1. The largest absolute Gasteiger partial charge is 0.486 e. The highest BCUT2D eigenvalue weighted by atomic mass is 16.5. The van der Waals surface area contributed by atoms with Crippen molar-refractivity contribution in [3.8, 4) is 5.75 Å². The fourth-order valence-corrected chi connectivity index (χ4v) is 1.11. The van der Waals surface area contributed by atoms with Crippen molar-refractivity contribution < 1.29 is 4.74 Å². The van der Waals surface area contributed by atoms with Crippen molar-refractivity contribution in [3.05, 3.63) is 30.1 Å². The van der Waals surface area contributed by atoms with Crippen LogP contribution in [0.5, 0.6) is 5.75 Å². The zero-order chi connectivity index (χ0) is 10.5. The summed E-state index contributed by atoms with van der Waals surface area (Å²) < 4.78 is 5.45. The van der Waals surface area contributed by atoms with Gasteiger partial charge < -0.3 is 10.1 Å². The Bertz CT molecular complexity index is 397. The van der Waals surface area contributed by atoms with Gasteiger partial charge in [0.1, 0.15) is 12.4 Å². The van der Waals surface area contributed by atoms with Crippen LogP contribution in [0.15, 0.2) is 24.3 Å². The predicted octanol–water partition coefficient (Wildman–Crippen LogP) is 0.820. The van der Waals surface area contributed by atoms with E-state index in [1.807, 2.05) is 31.3 Å². The quantitative estimate of drug-likeness (QED) is 0.772. The summed E-state index contributed by atoms with van der Waals surface area (Å²) in [4.78, 5) is 0. The topological polar surface area (TPSA) is 75.7 Å². The van der Waals surface area contributed by atoms with Crippen molar-refractivity contribution >= 4 is 5.69 Å². The molecule has 1 aromatic heterocycles. The molecule has 1 heterocycles. The number of benzene rings is 1. The van der Waals surface area contributed by atoms with Crippen molar-refractivity contribution in [2.24, 2.45) is 0 Å². The van der Waals surface area contributed by atoms with Gasteiger partial charge in [-0.15, -0.1) is 5.10 Å². The molecule has 2 rings (SSSR count). The molecular formula is C9H11N5O. The van der Waals surface area contributed by atoms with Gasteiger partial charge in [-0.2, -0.15) is 0 Å². The van der Waals surface area contributed by atoms with Crippen molar-refractivity contribution in [1.29, 1.82) is 0 Å². The van der Waals surface area contributed by atoms with Gasteiger partial charge in [0.05, 0.1) is 0 Å². The van der Waals surface area contributed by atoms with Gasteiger partial charge in [0.25, 0.3) is 0 Å². The smallest absolute Gasteiger partial charge is 0.186 e. The Morgan fingerprint density at radius 2 is 2.13 bits per heavy atom. The average Bonchev–Trinajstić information content (AvgIpc) is 2.80. The molecule has 6 heteroatoms. The van der Waals surface area contributed by atoms with Gasteiger partial charge in [-0.3, -0.25) is 0 Å². The first-order valence-electron chi connectivity index (χ1n) is 4.51. The Morgan fingerprint density at radius 1 is 1.33 bits per heavy atom. The molecule has 0 bridgehead atoms. The van der Waals surface area contributed by atoms with E-state index in [4.69, 9.17) is 4.74 Å². The van der Waals surface area contributed by atoms with Gasteiger partial charge in [-0.25, -0.2) is 5.10 Å². The van der Waals surface area contributed by atoms with E-state index >= 15 is 0 Å². The molecule has 2 aromatic rings. The molecule has 0 amide bonds. The van der Waals surface area contributed by atoms with Crippen LogP contribution in [0.1, 0.15) is 5.82 Å². The first-order chi connectivity index (χ1) is 7.38. The number of ether oxygens (including phenoxy) is 1. The predicted molar refractivity (Wildman–Crippen MR) is 54.5 cm³/mol. The van der Waals surface area contributed by atoms with Gasteiger partial charge in [-0.05, 0) is 34.7 Å². The summed E-state index contributed by atoms with van der Waals surface area (Å²) in [7, 11) is 1.87. The number of anilines is 1. The summed E-state index contributed by atoms with van der Waals surface area (Å²) >= 11 is 0. The Labute approximate surface area is 86.7 Å². The van der Waals surface area contributed by atoms with E-state index in [2.05, 4.69) is 25.9 Å². The van der Waals surface area contributed by atoms with E-state index in [-0.39, 0.29) is 0 Å². The number of tetrazole rings is 1. The second kappa shape index (κ2) is 4.41. The minimum Gasteiger partial charge on any atom is -0.486 e.